The standard InChI is InChI=1S/C28H33ClFN3O5/c1-19-5-10-22(30)17-24(19)25-4-2-3-23(18-38-28(37)32-13-11-31(12-14-32)15-16-34)33(25)27(36)26(35)20-6-8-21(29)9-7-20/h5-10,17,23,25,34H,2-4,11-16,18H2,1H3. The number of ether oxygens (including phenoxy) is 1. The molecule has 4 rings (SSSR count). The van der Waals surface area contributed by atoms with E-state index in [1.807, 2.05) is 6.92 Å². The molecule has 2 amide bonds. The van der Waals surface area contributed by atoms with E-state index in [0.717, 1.165) is 12.0 Å². The van der Waals surface area contributed by atoms with Crippen molar-refractivity contribution in [1.29, 1.82) is 0 Å². The summed E-state index contributed by atoms with van der Waals surface area (Å²) in [6.07, 6.45) is 1.35. The van der Waals surface area contributed by atoms with Gasteiger partial charge in [0, 0.05) is 43.3 Å². The van der Waals surface area contributed by atoms with E-state index in [1.54, 1.807) is 23.1 Å². The molecule has 0 saturated carbocycles. The van der Waals surface area contributed by atoms with E-state index < -0.39 is 35.7 Å². The minimum Gasteiger partial charge on any atom is -0.447 e. The van der Waals surface area contributed by atoms with E-state index in [-0.39, 0.29) is 18.8 Å². The maximum absolute atomic E-state index is 14.2. The summed E-state index contributed by atoms with van der Waals surface area (Å²) in [6, 6.07) is 9.46. The molecule has 2 saturated heterocycles. The molecule has 38 heavy (non-hydrogen) atoms. The van der Waals surface area contributed by atoms with Gasteiger partial charge in [-0.25, -0.2) is 9.18 Å². The molecule has 0 spiro atoms. The molecular weight excluding hydrogens is 513 g/mol. The van der Waals surface area contributed by atoms with Gasteiger partial charge in [-0.05, 0) is 73.7 Å². The predicted octanol–water partition coefficient (Wildman–Crippen LogP) is 3.84. The van der Waals surface area contributed by atoms with Crippen molar-refractivity contribution >= 4 is 29.4 Å². The third-order valence-electron chi connectivity index (χ3n) is 7.33. The second kappa shape index (κ2) is 12.7. The van der Waals surface area contributed by atoms with Crippen LogP contribution in [0.5, 0.6) is 0 Å². The van der Waals surface area contributed by atoms with Crippen LogP contribution in [0, 0.1) is 12.7 Å². The third-order valence-corrected chi connectivity index (χ3v) is 7.58. The molecular formula is C28H33ClFN3O5. The number of hydrogen-bond donors (Lipinski definition) is 1. The molecule has 0 aromatic heterocycles. The monoisotopic (exact) mass is 545 g/mol. The fourth-order valence-electron chi connectivity index (χ4n) is 5.22. The Balaban J connectivity index is 1.54. The molecule has 2 aliphatic rings. The minimum atomic E-state index is -0.723. The first-order valence-corrected chi connectivity index (χ1v) is 13.3. The van der Waals surface area contributed by atoms with Gasteiger partial charge in [-0.1, -0.05) is 17.7 Å². The van der Waals surface area contributed by atoms with Gasteiger partial charge in [0.15, 0.2) is 0 Å². The summed E-state index contributed by atoms with van der Waals surface area (Å²) >= 11 is 5.95. The Morgan fingerprint density at radius 1 is 1.05 bits per heavy atom. The van der Waals surface area contributed by atoms with Gasteiger partial charge in [0.2, 0.25) is 5.78 Å². The van der Waals surface area contributed by atoms with Crippen LogP contribution < -0.4 is 0 Å². The summed E-state index contributed by atoms with van der Waals surface area (Å²) in [7, 11) is 0. The summed E-state index contributed by atoms with van der Waals surface area (Å²) in [5.41, 5.74) is 1.65. The fraction of sp³-hybridized carbons (Fsp3) is 0.464. The molecule has 2 atom stereocenters. The summed E-state index contributed by atoms with van der Waals surface area (Å²) in [4.78, 5) is 44.9. The van der Waals surface area contributed by atoms with Crippen molar-refractivity contribution in [1.82, 2.24) is 14.7 Å². The molecule has 8 nitrogen and oxygen atoms in total. The molecule has 2 aliphatic heterocycles. The van der Waals surface area contributed by atoms with Crippen molar-refractivity contribution < 1.29 is 28.6 Å². The number of hydrogen-bond acceptors (Lipinski definition) is 6. The maximum Gasteiger partial charge on any atom is 0.409 e. The summed E-state index contributed by atoms with van der Waals surface area (Å²) in [6.45, 7) is 4.64. The van der Waals surface area contributed by atoms with Crippen molar-refractivity contribution in [2.75, 3.05) is 45.9 Å². The number of ketones is 1. The molecule has 2 heterocycles. The largest absolute Gasteiger partial charge is 0.447 e. The Bertz CT molecular complexity index is 1150. The first-order chi connectivity index (χ1) is 18.3. The number of piperazine rings is 1. The SMILES string of the molecule is Cc1ccc(F)cc1C1CCCC(COC(=O)N2CCN(CCO)CC2)N1C(=O)C(=O)c1ccc(Cl)cc1. The Hall–Kier alpha value is -3.01. The lowest BCUT2D eigenvalue weighted by atomic mass is 9.88. The summed E-state index contributed by atoms with van der Waals surface area (Å²) in [5, 5.41) is 9.57. The smallest absolute Gasteiger partial charge is 0.409 e. The van der Waals surface area contributed by atoms with Crippen LogP contribution in [-0.2, 0) is 9.53 Å². The number of carbonyl (C=O) groups is 3. The van der Waals surface area contributed by atoms with E-state index in [4.69, 9.17) is 21.4 Å². The molecule has 2 aromatic carbocycles. The molecule has 10 heteroatoms. The van der Waals surface area contributed by atoms with E-state index >= 15 is 0 Å². The van der Waals surface area contributed by atoms with Crippen LogP contribution in [0.4, 0.5) is 9.18 Å². The van der Waals surface area contributed by atoms with Crippen LogP contribution in [0.2, 0.25) is 5.02 Å². The summed E-state index contributed by atoms with van der Waals surface area (Å²) < 4.78 is 19.9. The van der Waals surface area contributed by atoms with Crippen molar-refractivity contribution in [2.24, 2.45) is 0 Å². The lowest BCUT2D eigenvalue weighted by Gasteiger charge is -2.42. The molecule has 0 aliphatic carbocycles. The number of rotatable bonds is 7. The average molecular weight is 546 g/mol. The van der Waals surface area contributed by atoms with E-state index in [1.165, 1.54) is 29.2 Å². The Morgan fingerprint density at radius 2 is 1.76 bits per heavy atom. The highest BCUT2D eigenvalue weighted by atomic mass is 35.5. The van der Waals surface area contributed by atoms with Crippen LogP contribution in [0.15, 0.2) is 42.5 Å². The number of carbonyl (C=O) groups excluding carboxylic acids is 3. The topological polar surface area (TPSA) is 90.4 Å². The summed E-state index contributed by atoms with van der Waals surface area (Å²) in [5.74, 6) is -1.84. The number of piperidine rings is 1. The highest BCUT2D eigenvalue weighted by molar-refractivity contribution is 6.43. The quantitative estimate of drug-likeness (QED) is 0.420. The Labute approximate surface area is 226 Å². The van der Waals surface area contributed by atoms with Crippen molar-refractivity contribution in [3.8, 4) is 0 Å². The lowest BCUT2D eigenvalue weighted by molar-refractivity contribution is -0.135. The molecule has 0 bridgehead atoms. The van der Waals surface area contributed by atoms with Gasteiger partial charge in [-0.2, -0.15) is 0 Å². The van der Waals surface area contributed by atoms with Crippen LogP contribution >= 0.6 is 11.6 Å². The molecule has 0 radical (unpaired) electrons. The fourth-order valence-corrected chi connectivity index (χ4v) is 5.35. The van der Waals surface area contributed by atoms with Gasteiger partial charge < -0.3 is 19.6 Å². The first kappa shape index (κ1) is 28.0. The predicted molar refractivity (Wildman–Crippen MR) is 141 cm³/mol. The van der Waals surface area contributed by atoms with Gasteiger partial charge in [0.05, 0.1) is 18.7 Å². The molecule has 2 unspecified atom stereocenters. The zero-order chi connectivity index (χ0) is 27.2. The maximum atomic E-state index is 14.2. The number of amides is 2. The van der Waals surface area contributed by atoms with Gasteiger partial charge in [-0.15, -0.1) is 0 Å². The van der Waals surface area contributed by atoms with E-state index in [2.05, 4.69) is 4.90 Å². The highest BCUT2D eigenvalue weighted by Crippen LogP contribution is 2.37. The van der Waals surface area contributed by atoms with E-state index in [9.17, 15) is 18.8 Å². The second-order valence-electron chi connectivity index (χ2n) is 9.78. The molecule has 2 aromatic rings. The number of aryl methyl sites for hydroxylation is 1. The van der Waals surface area contributed by atoms with Crippen LogP contribution in [0.3, 0.4) is 0 Å². The van der Waals surface area contributed by atoms with Crippen molar-refractivity contribution in [3.63, 3.8) is 0 Å². The first-order valence-electron chi connectivity index (χ1n) is 12.9. The normalized spacial score (nSPS) is 20.3. The average Bonchev–Trinajstić information content (AvgIpc) is 2.93. The molecule has 2 fully saturated rings. The third kappa shape index (κ3) is 6.51. The number of nitrogens with zero attached hydrogens (tertiary/aromatic N) is 3. The lowest BCUT2D eigenvalue weighted by Crippen LogP contribution is -2.52. The van der Waals surface area contributed by atoms with Gasteiger partial charge in [0.1, 0.15) is 12.4 Å². The number of likely N-dealkylation sites (tertiary alicyclic amines) is 1. The van der Waals surface area contributed by atoms with Gasteiger partial charge >= 0.3 is 6.09 Å². The van der Waals surface area contributed by atoms with Gasteiger partial charge in [0.25, 0.3) is 5.91 Å². The van der Waals surface area contributed by atoms with Crippen LogP contribution in [0.25, 0.3) is 0 Å². The number of aliphatic hydroxyl groups excluding tert-OH is 1. The Kier molecular flexibility index (Phi) is 9.35. The van der Waals surface area contributed by atoms with Crippen molar-refractivity contribution in [2.45, 2.75) is 38.3 Å². The number of Topliss-reactive ketones (excluding diaryl/α,β-unsaturated/α-hetero) is 1. The number of aliphatic hydroxyl groups is 1. The van der Waals surface area contributed by atoms with E-state index in [0.29, 0.717) is 56.2 Å². The zero-order valence-electron chi connectivity index (χ0n) is 21.4. The minimum absolute atomic E-state index is 0.0662. The zero-order valence-corrected chi connectivity index (χ0v) is 22.2. The van der Waals surface area contributed by atoms with Crippen LogP contribution in [-0.4, -0.2) is 89.6 Å². The van der Waals surface area contributed by atoms with Crippen LogP contribution in [0.1, 0.15) is 46.8 Å². The highest BCUT2D eigenvalue weighted by Gasteiger charge is 2.39. The second-order valence-corrected chi connectivity index (χ2v) is 10.2. The number of β-amino-alcohol motifs (C(OH)–C–C–N with tert-alkyl or cyclic N) is 1. The Morgan fingerprint density at radius 3 is 2.45 bits per heavy atom. The van der Waals surface area contributed by atoms with Crippen molar-refractivity contribution in [3.05, 3.63) is 70.0 Å². The molecule has 1 N–H and O–H groups in total. The molecule has 204 valence electrons. The van der Waals surface area contributed by atoms with Gasteiger partial charge in [-0.3, -0.25) is 14.5 Å². The number of benzene rings is 2. The number of halogens is 2.